The summed E-state index contributed by atoms with van der Waals surface area (Å²) in [7, 11) is 0. The van der Waals surface area contributed by atoms with Crippen LogP contribution in [0.25, 0.3) is 0 Å². The fraction of sp³-hybridized carbons (Fsp3) is 0.902. The van der Waals surface area contributed by atoms with E-state index < -0.39 is 6.10 Å². The van der Waals surface area contributed by atoms with Crippen LogP contribution in [0, 0.1) is 0 Å². The third-order valence-electron chi connectivity index (χ3n) is 11.3. The molecular weight excluding hydrogens is 709 g/mol. The van der Waals surface area contributed by atoms with Gasteiger partial charge in [-0.05, 0) is 44.9 Å². The number of hydrogen-bond acceptors (Lipinski definition) is 6. The summed E-state index contributed by atoms with van der Waals surface area (Å²) in [6, 6.07) is 0. The van der Waals surface area contributed by atoms with Gasteiger partial charge < -0.3 is 14.2 Å². The number of rotatable bonds is 46. The minimum absolute atomic E-state index is 0.0688. The molecule has 0 N–H and O–H groups in total. The highest BCUT2D eigenvalue weighted by Crippen LogP contribution is 2.16. The van der Waals surface area contributed by atoms with Crippen molar-refractivity contribution >= 4 is 17.9 Å². The molecule has 0 aliphatic heterocycles. The Hall–Kier alpha value is -1.85. The van der Waals surface area contributed by atoms with Crippen molar-refractivity contribution in [1.29, 1.82) is 0 Å². The van der Waals surface area contributed by atoms with Crippen LogP contribution in [0.15, 0.2) is 12.2 Å². The SMILES string of the molecule is CCCCCCCC/C=C\CCCCCCCC(=O)OC(COC(=O)CCCCCCCCC)COC(=O)CCCCCCCCCCCCCCCCCCC. The molecule has 0 heterocycles. The van der Waals surface area contributed by atoms with Gasteiger partial charge >= 0.3 is 17.9 Å². The van der Waals surface area contributed by atoms with Gasteiger partial charge in [-0.2, -0.15) is 0 Å². The zero-order valence-electron chi connectivity index (χ0n) is 38.4. The maximum absolute atomic E-state index is 12.7. The molecule has 0 aromatic heterocycles. The quantitative estimate of drug-likeness (QED) is 0.0264. The van der Waals surface area contributed by atoms with E-state index >= 15 is 0 Å². The summed E-state index contributed by atoms with van der Waals surface area (Å²) in [5, 5.41) is 0. The lowest BCUT2D eigenvalue weighted by atomic mass is 10.0. The molecule has 6 nitrogen and oxygen atoms in total. The predicted molar refractivity (Wildman–Crippen MR) is 243 cm³/mol. The third-order valence-corrected chi connectivity index (χ3v) is 11.3. The molecule has 6 heteroatoms. The first-order chi connectivity index (χ1) is 28.0. The molecule has 1 unspecified atom stereocenters. The molecule has 0 amide bonds. The van der Waals surface area contributed by atoms with E-state index in [1.807, 2.05) is 0 Å². The van der Waals surface area contributed by atoms with Crippen LogP contribution in [-0.2, 0) is 28.6 Å². The number of unbranched alkanes of at least 4 members (excludes halogenated alkanes) is 33. The Morgan fingerprint density at radius 2 is 0.579 bits per heavy atom. The van der Waals surface area contributed by atoms with E-state index in [4.69, 9.17) is 14.2 Å². The van der Waals surface area contributed by atoms with Crippen molar-refractivity contribution in [3.8, 4) is 0 Å². The molecule has 0 aliphatic rings. The standard InChI is InChI=1S/C51H96O6/c1-4-7-10-13-16-18-20-22-24-25-27-28-30-32-35-38-41-44-50(53)56-47-48(46-55-49(52)43-40-37-34-15-12-9-6-3)57-51(54)45-42-39-36-33-31-29-26-23-21-19-17-14-11-8-5-2/h23,26,48H,4-22,24-25,27-47H2,1-3H3/b26-23-. The molecule has 0 radical (unpaired) electrons. The lowest BCUT2D eigenvalue weighted by Crippen LogP contribution is -2.30. The Kier molecular flexibility index (Phi) is 45.3. The molecule has 0 aromatic carbocycles. The minimum Gasteiger partial charge on any atom is -0.462 e. The Bertz CT molecular complexity index is 885. The van der Waals surface area contributed by atoms with Crippen molar-refractivity contribution in [3.05, 3.63) is 12.2 Å². The van der Waals surface area contributed by atoms with Crippen LogP contribution in [-0.4, -0.2) is 37.2 Å². The zero-order chi connectivity index (χ0) is 41.5. The molecule has 1 atom stereocenters. The van der Waals surface area contributed by atoms with E-state index in [1.165, 1.54) is 173 Å². The second-order valence-electron chi connectivity index (χ2n) is 17.1. The van der Waals surface area contributed by atoms with E-state index in [0.29, 0.717) is 19.3 Å². The molecule has 0 fully saturated rings. The summed E-state index contributed by atoms with van der Waals surface area (Å²) >= 11 is 0. The van der Waals surface area contributed by atoms with Crippen molar-refractivity contribution in [2.45, 2.75) is 284 Å². The zero-order valence-corrected chi connectivity index (χ0v) is 38.4. The van der Waals surface area contributed by atoms with Gasteiger partial charge in [-0.1, -0.05) is 226 Å². The minimum atomic E-state index is -0.766. The van der Waals surface area contributed by atoms with Gasteiger partial charge in [0.2, 0.25) is 0 Å². The van der Waals surface area contributed by atoms with Gasteiger partial charge in [0.05, 0.1) is 0 Å². The first-order valence-electron chi connectivity index (χ1n) is 25.2. The van der Waals surface area contributed by atoms with E-state index in [-0.39, 0.29) is 31.1 Å². The number of hydrogen-bond donors (Lipinski definition) is 0. The highest BCUT2D eigenvalue weighted by atomic mass is 16.6. The van der Waals surface area contributed by atoms with E-state index in [1.54, 1.807) is 0 Å². The average Bonchev–Trinajstić information content (AvgIpc) is 3.21. The van der Waals surface area contributed by atoms with Crippen molar-refractivity contribution in [2.24, 2.45) is 0 Å². The van der Waals surface area contributed by atoms with Crippen LogP contribution >= 0.6 is 0 Å². The molecule has 0 aromatic rings. The van der Waals surface area contributed by atoms with Gasteiger partial charge in [0.25, 0.3) is 0 Å². The number of carbonyl (C=O) groups excluding carboxylic acids is 3. The van der Waals surface area contributed by atoms with Crippen LogP contribution < -0.4 is 0 Å². The Balaban J connectivity index is 4.23. The fourth-order valence-corrected chi connectivity index (χ4v) is 7.44. The summed E-state index contributed by atoms with van der Waals surface area (Å²) in [6.07, 6.45) is 50.6. The smallest absolute Gasteiger partial charge is 0.306 e. The molecule has 336 valence electrons. The summed E-state index contributed by atoms with van der Waals surface area (Å²) in [6.45, 7) is 6.61. The topological polar surface area (TPSA) is 78.9 Å². The monoisotopic (exact) mass is 805 g/mol. The van der Waals surface area contributed by atoms with Gasteiger partial charge in [0.15, 0.2) is 6.10 Å². The second kappa shape index (κ2) is 46.8. The van der Waals surface area contributed by atoms with Gasteiger partial charge in [-0.25, -0.2) is 0 Å². The number of allylic oxidation sites excluding steroid dienone is 2. The van der Waals surface area contributed by atoms with E-state index in [2.05, 4.69) is 32.9 Å². The Labute approximate surface area is 354 Å². The largest absolute Gasteiger partial charge is 0.462 e. The van der Waals surface area contributed by atoms with Crippen molar-refractivity contribution < 1.29 is 28.6 Å². The second-order valence-corrected chi connectivity index (χ2v) is 17.1. The molecule has 0 spiro atoms. The van der Waals surface area contributed by atoms with Gasteiger partial charge in [-0.3, -0.25) is 14.4 Å². The maximum Gasteiger partial charge on any atom is 0.306 e. The van der Waals surface area contributed by atoms with Crippen molar-refractivity contribution in [1.82, 2.24) is 0 Å². The van der Waals surface area contributed by atoms with Crippen LogP contribution in [0.5, 0.6) is 0 Å². The molecule has 0 bridgehead atoms. The Morgan fingerprint density at radius 3 is 0.877 bits per heavy atom. The Morgan fingerprint density at radius 1 is 0.333 bits per heavy atom. The van der Waals surface area contributed by atoms with Crippen LogP contribution in [0.1, 0.15) is 278 Å². The first-order valence-corrected chi connectivity index (χ1v) is 25.2. The molecule has 57 heavy (non-hydrogen) atoms. The summed E-state index contributed by atoms with van der Waals surface area (Å²) in [4.78, 5) is 37.7. The lowest BCUT2D eigenvalue weighted by Gasteiger charge is -2.18. The highest BCUT2D eigenvalue weighted by Gasteiger charge is 2.19. The van der Waals surface area contributed by atoms with Crippen molar-refractivity contribution in [2.75, 3.05) is 13.2 Å². The van der Waals surface area contributed by atoms with Crippen LogP contribution in [0.3, 0.4) is 0 Å². The molecule has 0 rings (SSSR count). The summed E-state index contributed by atoms with van der Waals surface area (Å²) in [5.74, 6) is -0.870. The number of ether oxygens (including phenoxy) is 3. The van der Waals surface area contributed by atoms with Gasteiger partial charge in [0.1, 0.15) is 13.2 Å². The van der Waals surface area contributed by atoms with Gasteiger partial charge in [-0.15, -0.1) is 0 Å². The number of carbonyl (C=O) groups is 3. The third kappa shape index (κ3) is 45.1. The first kappa shape index (κ1) is 55.2. The molecule has 0 saturated carbocycles. The number of esters is 3. The normalized spacial score (nSPS) is 12.0. The highest BCUT2D eigenvalue weighted by molar-refractivity contribution is 5.71. The molecule has 0 aliphatic carbocycles. The predicted octanol–water partition coefficient (Wildman–Crippen LogP) is 16.2. The van der Waals surface area contributed by atoms with E-state index in [0.717, 1.165) is 64.2 Å². The molecular formula is C51H96O6. The van der Waals surface area contributed by atoms with Crippen molar-refractivity contribution in [3.63, 3.8) is 0 Å². The van der Waals surface area contributed by atoms with Crippen LogP contribution in [0.2, 0.25) is 0 Å². The molecule has 0 saturated heterocycles. The summed E-state index contributed by atoms with van der Waals surface area (Å²) < 4.78 is 16.7. The van der Waals surface area contributed by atoms with Gasteiger partial charge in [0, 0.05) is 19.3 Å². The maximum atomic E-state index is 12.7. The average molecular weight is 805 g/mol. The fourth-order valence-electron chi connectivity index (χ4n) is 7.44. The van der Waals surface area contributed by atoms with E-state index in [9.17, 15) is 14.4 Å². The lowest BCUT2D eigenvalue weighted by molar-refractivity contribution is -0.167. The summed E-state index contributed by atoms with van der Waals surface area (Å²) in [5.41, 5.74) is 0. The van der Waals surface area contributed by atoms with Crippen LogP contribution in [0.4, 0.5) is 0 Å².